The molecule has 0 saturated carbocycles. The molecule has 168 valence electrons. The molecule has 29 heavy (non-hydrogen) atoms. The summed E-state index contributed by atoms with van der Waals surface area (Å²) in [4.78, 5) is 17.1. The van der Waals surface area contributed by atoms with Crippen molar-refractivity contribution in [2.45, 2.75) is 32.4 Å². The molecule has 2 N–H and O–H groups in total. The number of carbonyl (C=O) groups is 1. The predicted octanol–water partition coefficient (Wildman–Crippen LogP) is 1.97. The van der Waals surface area contributed by atoms with Gasteiger partial charge in [-0.3, -0.25) is 9.69 Å². The molecule has 0 bridgehead atoms. The molecule has 6 nitrogen and oxygen atoms in total. The molecule has 1 saturated heterocycles. The summed E-state index contributed by atoms with van der Waals surface area (Å²) < 4.78 is 23.3. The Morgan fingerprint density at radius 2 is 1.93 bits per heavy atom. The van der Waals surface area contributed by atoms with Gasteiger partial charge in [0.25, 0.3) is 5.91 Å². The van der Waals surface area contributed by atoms with Crippen LogP contribution >= 0.6 is 37.4 Å². The van der Waals surface area contributed by atoms with E-state index < -0.39 is 9.84 Å². The zero-order valence-electron chi connectivity index (χ0n) is 17.2. The van der Waals surface area contributed by atoms with Crippen LogP contribution in [0.3, 0.4) is 0 Å². The van der Waals surface area contributed by atoms with Gasteiger partial charge >= 0.3 is 0 Å². The van der Waals surface area contributed by atoms with Gasteiger partial charge in [0.2, 0.25) is 0 Å². The van der Waals surface area contributed by atoms with E-state index >= 15 is 0 Å². The first kappa shape index (κ1) is 28.5. The molecule has 2 rings (SSSR count). The first-order chi connectivity index (χ1) is 12.6. The molecule has 0 spiro atoms. The molecule has 0 radical (unpaired) electrons. The Morgan fingerprint density at radius 1 is 1.28 bits per heavy atom. The number of thiol groups is 1. The van der Waals surface area contributed by atoms with Crippen molar-refractivity contribution in [3.05, 3.63) is 34.9 Å². The van der Waals surface area contributed by atoms with E-state index in [2.05, 4.69) is 17.5 Å². The van der Waals surface area contributed by atoms with Crippen LogP contribution in [0.5, 0.6) is 0 Å². The summed E-state index contributed by atoms with van der Waals surface area (Å²) in [5.41, 5.74) is 8.86. The summed E-state index contributed by atoms with van der Waals surface area (Å²) in [5.74, 6) is 0.689. The van der Waals surface area contributed by atoms with Gasteiger partial charge in [-0.05, 0) is 37.5 Å². The predicted molar refractivity (Wildman–Crippen MR) is 128 cm³/mol. The van der Waals surface area contributed by atoms with Crippen molar-refractivity contribution in [3.63, 3.8) is 0 Å². The summed E-state index contributed by atoms with van der Waals surface area (Å²) >= 11 is 4.25. The number of carbonyl (C=O) groups excluding carboxylic acids is 1. The number of sulfone groups is 1. The fourth-order valence-electron chi connectivity index (χ4n) is 3.45. The maximum Gasteiger partial charge on any atom is 0.254 e. The first-order valence-corrected chi connectivity index (χ1v) is 12.0. The van der Waals surface area contributed by atoms with E-state index in [1.165, 1.54) is 6.26 Å². The third kappa shape index (κ3) is 8.26. The first-order valence-electron chi connectivity index (χ1n) is 9.26. The highest BCUT2D eigenvalue weighted by Gasteiger charge is 2.31. The Labute approximate surface area is 192 Å². The molecule has 0 aromatic heterocycles. The smallest absolute Gasteiger partial charge is 0.254 e. The van der Waals surface area contributed by atoms with Crippen molar-refractivity contribution in [2.24, 2.45) is 5.73 Å². The lowest BCUT2D eigenvalue weighted by atomic mass is 10.0. The molecule has 1 heterocycles. The molecular weight excluding hydrogens is 453 g/mol. The molecular formula is C19H33Cl2N3O3S2. The quantitative estimate of drug-likeness (QED) is 0.576. The van der Waals surface area contributed by atoms with Crippen LogP contribution < -0.4 is 5.73 Å². The number of nitrogens with zero attached hydrogens (tertiary/aromatic N) is 2. The van der Waals surface area contributed by atoms with Gasteiger partial charge in [-0.2, -0.15) is 12.6 Å². The molecule has 2 atom stereocenters. The van der Waals surface area contributed by atoms with E-state index in [-0.39, 0.29) is 48.6 Å². The average Bonchev–Trinajstić information content (AvgIpc) is 2.61. The largest absolute Gasteiger partial charge is 0.336 e. The number of aryl methyl sites for hydroxylation is 1. The van der Waals surface area contributed by atoms with Crippen molar-refractivity contribution in [1.82, 2.24) is 9.80 Å². The molecule has 2 unspecified atom stereocenters. The maximum atomic E-state index is 13.1. The highest BCUT2D eigenvalue weighted by molar-refractivity contribution is 7.90. The molecule has 10 heteroatoms. The van der Waals surface area contributed by atoms with E-state index in [1.807, 2.05) is 36.9 Å². The third-order valence-corrected chi connectivity index (χ3v) is 6.70. The number of piperazine rings is 1. The van der Waals surface area contributed by atoms with E-state index in [0.29, 0.717) is 38.4 Å². The third-order valence-electron chi connectivity index (χ3n) is 5.25. The maximum absolute atomic E-state index is 13.1. The van der Waals surface area contributed by atoms with Crippen LogP contribution in [0.4, 0.5) is 0 Å². The normalized spacial score (nSPS) is 18.5. The Morgan fingerprint density at radius 3 is 2.52 bits per heavy atom. The van der Waals surface area contributed by atoms with Crippen LogP contribution in [-0.2, 0) is 9.84 Å². The van der Waals surface area contributed by atoms with Gasteiger partial charge < -0.3 is 10.6 Å². The molecule has 1 aliphatic rings. The number of hydrogen-bond donors (Lipinski definition) is 2. The van der Waals surface area contributed by atoms with Gasteiger partial charge in [0.05, 0.1) is 5.75 Å². The number of nitrogens with two attached hydrogens (primary N) is 1. The van der Waals surface area contributed by atoms with Gasteiger partial charge in [-0.15, -0.1) is 24.8 Å². The second kappa shape index (κ2) is 12.4. The van der Waals surface area contributed by atoms with Crippen LogP contribution in [0.15, 0.2) is 18.2 Å². The lowest BCUT2D eigenvalue weighted by Crippen LogP contribution is -2.57. The number of halogens is 2. The molecule has 1 amide bonds. The minimum atomic E-state index is -3.06. The van der Waals surface area contributed by atoms with Crippen molar-refractivity contribution >= 4 is 53.2 Å². The SMILES string of the molecule is Cc1cccc(C(=O)N2CCN(CC(N)CS)C(CCS(C)(=O)=O)C2)c1C.Cl.Cl. The number of hydrogen-bond acceptors (Lipinski definition) is 6. The van der Waals surface area contributed by atoms with E-state index in [0.717, 1.165) is 16.7 Å². The van der Waals surface area contributed by atoms with Crippen LogP contribution in [0.2, 0.25) is 0 Å². The number of rotatable bonds is 7. The molecule has 0 aliphatic carbocycles. The van der Waals surface area contributed by atoms with Gasteiger partial charge in [0, 0.05) is 55.8 Å². The fraction of sp³-hybridized carbons (Fsp3) is 0.632. The van der Waals surface area contributed by atoms with Gasteiger partial charge in [-0.25, -0.2) is 8.42 Å². The van der Waals surface area contributed by atoms with Gasteiger partial charge in [0.15, 0.2) is 0 Å². The van der Waals surface area contributed by atoms with Gasteiger partial charge in [-0.1, -0.05) is 12.1 Å². The van der Waals surface area contributed by atoms with Crippen molar-refractivity contribution < 1.29 is 13.2 Å². The number of benzene rings is 1. The Balaban J connectivity index is 0.00000392. The van der Waals surface area contributed by atoms with Crippen molar-refractivity contribution in [1.29, 1.82) is 0 Å². The summed E-state index contributed by atoms with van der Waals surface area (Å²) in [6, 6.07) is 5.67. The van der Waals surface area contributed by atoms with Crippen molar-refractivity contribution in [2.75, 3.05) is 43.9 Å². The fourth-order valence-corrected chi connectivity index (χ4v) is 4.27. The minimum absolute atomic E-state index is 0. The molecule has 1 aromatic rings. The van der Waals surface area contributed by atoms with E-state index in [1.54, 1.807) is 0 Å². The van der Waals surface area contributed by atoms with Gasteiger partial charge in [0.1, 0.15) is 9.84 Å². The molecule has 1 aliphatic heterocycles. The Bertz CT molecular complexity index is 778. The standard InChI is InChI=1S/C19H31N3O3S2.2ClH/c1-14-5-4-6-18(15(14)2)19(23)22-9-8-21(11-16(20)13-26)17(12-22)7-10-27(3,24)25;;/h4-6,16-17,26H,7-13,20H2,1-3H3;2*1H. The summed E-state index contributed by atoms with van der Waals surface area (Å²) in [5, 5.41) is 0. The average molecular weight is 487 g/mol. The monoisotopic (exact) mass is 485 g/mol. The van der Waals surface area contributed by atoms with Crippen LogP contribution in [0, 0.1) is 13.8 Å². The number of amides is 1. The summed E-state index contributed by atoms with van der Waals surface area (Å²) in [6.07, 6.45) is 1.74. The lowest BCUT2D eigenvalue weighted by molar-refractivity contribution is 0.0464. The zero-order chi connectivity index (χ0) is 20.2. The van der Waals surface area contributed by atoms with E-state index in [4.69, 9.17) is 5.73 Å². The van der Waals surface area contributed by atoms with Crippen molar-refractivity contribution in [3.8, 4) is 0 Å². The topological polar surface area (TPSA) is 83.7 Å². The molecule has 1 fully saturated rings. The van der Waals surface area contributed by atoms with Crippen LogP contribution in [0.1, 0.15) is 27.9 Å². The highest BCUT2D eigenvalue weighted by atomic mass is 35.5. The highest BCUT2D eigenvalue weighted by Crippen LogP contribution is 2.20. The van der Waals surface area contributed by atoms with E-state index in [9.17, 15) is 13.2 Å². The Kier molecular flexibility index (Phi) is 12.2. The second-order valence-corrected chi connectivity index (χ2v) is 10.1. The van der Waals surface area contributed by atoms with Crippen LogP contribution in [0.25, 0.3) is 0 Å². The second-order valence-electron chi connectivity index (χ2n) is 7.51. The zero-order valence-corrected chi connectivity index (χ0v) is 20.5. The summed E-state index contributed by atoms with van der Waals surface area (Å²) in [7, 11) is -3.06. The Hall–Kier alpha value is -0.510. The summed E-state index contributed by atoms with van der Waals surface area (Å²) in [6.45, 7) is 6.43. The molecule has 1 aromatic carbocycles. The minimum Gasteiger partial charge on any atom is -0.336 e. The van der Waals surface area contributed by atoms with Crippen LogP contribution in [-0.4, -0.2) is 80.1 Å². The lowest BCUT2D eigenvalue weighted by Gasteiger charge is -2.42.